The van der Waals surface area contributed by atoms with E-state index in [2.05, 4.69) is 17.4 Å². The smallest absolute Gasteiger partial charge is 0.134 e. The number of furan rings is 1. The van der Waals surface area contributed by atoms with Crippen LogP contribution in [0.5, 0.6) is 0 Å². The largest absolute Gasteiger partial charge is 0.459 e. The molecule has 5 nitrogen and oxygen atoms in total. The van der Waals surface area contributed by atoms with Crippen molar-refractivity contribution in [2.45, 2.75) is 19.4 Å². The first-order valence-corrected chi connectivity index (χ1v) is 6.70. The first-order valence-electron chi connectivity index (χ1n) is 6.70. The number of hydrazine groups is 1. The average Bonchev–Trinajstić information content (AvgIpc) is 3.03. The van der Waals surface area contributed by atoms with Crippen molar-refractivity contribution in [1.82, 2.24) is 15.2 Å². The molecule has 104 valence electrons. The maximum absolute atomic E-state index is 5.90. The number of nitrogens with zero attached hydrogens (tertiary/aromatic N) is 2. The lowest BCUT2D eigenvalue weighted by Gasteiger charge is -2.12. The molecule has 1 atom stereocenters. The quantitative estimate of drug-likeness (QED) is 0.563. The zero-order valence-electron chi connectivity index (χ0n) is 11.6. The molecule has 0 aliphatic carbocycles. The van der Waals surface area contributed by atoms with Gasteiger partial charge < -0.3 is 4.42 Å². The highest BCUT2D eigenvalue weighted by atomic mass is 16.3. The molecule has 0 aliphatic heterocycles. The second kappa shape index (κ2) is 5.11. The van der Waals surface area contributed by atoms with E-state index >= 15 is 0 Å². The van der Waals surface area contributed by atoms with Crippen molar-refractivity contribution in [2.75, 3.05) is 0 Å². The summed E-state index contributed by atoms with van der Waals surface area (Å²) in [5, 5.41) is 5.53. The van der Waals surface area contributed by atoms with Gasteiger partial charge in [0.25, 0.3) is 0 Å². The number of nitrogens with two attached hydrogens (primary N) is 1. The van der Waals surface area contributed by atoms with E-state index in [0.29, 0.717) is 0 Å². The maximum atomic E-state index is 5.90. The Morgan fingerprint density at radius 3 is 2.90 bits per heavy atom. The lowest BCUT2D eigenvalue weighted by atomic mass is 10.0. The Balaban J connectivity index is 2.08. The van der Waals surface area contributed by atoms with Gasteiger partial charge in [-0.1, -0.05) is 25.1 Å². The van der Waals surface area contributed by atoms with Gasteiger partial charge in [0.05, 0.1) is 5.69 Å². The highest BCUT2D eigenvalue weighted by Crippen LogP contribution is 2.29. The average molecular weight is 270 g/mol. The fourth-order valence-electron chi connectivity index (χ4n) is 2.54. The molecule has 1 aromatic carbocycles. The van der Waals surface area contributed by atoms with Crippen molar-refractivity contribution in [3.63, 3.8) is 0 Å². The minimum Gasteiger partial charge on any atom is -0.459 e. The molecule has 0 bridgehead atoms. The number of hydrogen-bond donors (Lipinski definition) is 2. The van der Waals surface area contributed by atoms with Crippen LogP contribution in [0.25, 0.3) is 11.0 Å². The minimum atomic E-state index is -0.189. The van der Waals surface area contributed by atoms with Gasteiger partial charge in [-0.05, 0) is 18.6 Å². The summed E-state index contributed by atoms with van der Waals surface area (Å²) in [7, 11) is 1.91. The molecule has 0 radical (unpaired) electrons. The molecule has 0 spiro atoms. The lowest BCUT2D eigenvalue weighted by molar-refractivity contribution is 0.475. The van der Waals surface area contributed by atoms with E-state index in [4.69, 9.17) is 10.3 Å². The SMILES string of the molecule is CCc1nn(C)cc1C(NN)c1cc2ccccc2o1. The van der Waals surface area contributed by atoms with Crippen LogP contribution in [-0.4, -0.2) is 9.78 Å². The number of rotatable bonds is 4. The van der Waals surface area contributed by atoms with Gasteiger partial charge in [-0.25, -0.2) is 5.43 Å². The number of benzene rings is 1. The Morgan fingerprint density at radius 2 is 2.20 bits per heavy atom. The summed E-state index contributed by atoms with van der Waals surface area (Å²) in [6.07, 6.45) is 2.84. The molecule has 2 aromatic heterocycles. The van der Waals surface area contributed by atoms with Crippen LogP contribution in [0, 0.1) is 0 Å². The van der Waals surface area contributed by atoms with Crippen LogP contribution in [-0.2, 0) is 13.5 Å². The third kappa shape index (κ3) is 2.11. The van der Waals surface area contributed by atoms with Crippen molar-refractivity contribution in [2.24, 2.45) is 12.9 Å². The summed E-state index contributed by atoms with van der Waals surface area (Å²) in [6.45, 7) is 2.08. The topological polar surface area (TPSA) is 69.0 Å². The van der Waals surface area contributed by atoms with E-state index in [0.717, 1.165) is 34.4 Å². The summed E-state index contributed by atoms with van der Waals surface area (Å²) < 4.78 is 7.71. The summed E-state index contributed by atoms with van der Waals surface area (Å²) in [6, 6.07) is 9.77. The van der Waals surface area contributed by atoms with Gasteiger partial charge in [-0.3, -0.25) is 10.5 Å². The number of nitrogens with one attached hydrogen (secondary N) is 1. The molecule has 0 fully saturated rings. The summed E-state index contributed by atoms with van der Waals surface area (Å²) in [5.41, 5.74) is 5.78. The molecule has 3 rings (SSSR count). The predicted octanol–water partition coefficient (Wildman–Crippen LogP) is 2.28. The molecule has 0 saturated carbocycles. The van der Waals surface area contributed by atoms with Crippen molar-refractivity contribution in [3.8, 4) is 0 Å². The van der Waals surface area contributed by atoms with Gasteiger partial charge in [0.15, 0.2) is 0 Å². The second-order valence-electron chi connectivity index (χ2n) is 4.84. The molecule has 0 saturated heterocycles. The molecule has 0 aliphatic rings. The zero-order chi connectivity index (χ0) is 14.1. The molecule has 2 heterocycles. The fourth-order valence-corrected chi connectivity index (χ4v) is 2.54. The van der Waals surface area contributed by atoms with Crippen molar-refractivity contribution >= 4 is 11.0 Å². The van der Waals surface area contributed by atoms with Crippen LogP contribution in [0.1, 0.15) is 30.0 Å². The summed E-state index contributed by atoms with van der Waals surface area (Å²) >= 11 is 0. The van der Waals surface area contributed by atoms with Crippen molar-refractivity contribution in [3.05, 3.63) is 53.5 Å². The molecular formula is C15H18N4O. The van der Waals surface area contributed by atoms with Crippen LogP contribution in [0.3, 0.4) is 0 Å². The number of hydrogen-bond acceptors (Lipinski definition) is 4. The molecule has 3 N–H and O–H groups in total. The zero-order valence-corrected chi connectivity index (χ0v) is 11.6. The van der Waals surface area contributed by atoms with Gasteiger partial charge >= 0.3 is 0 Å². The van der Waals surface area contributed by atoms with Crippen LogP contribution >= 0.6 is 0 Å². The lowest BCUT2D eigenvalue weighted by Crippen LogP contribution is -2.29. The minimum absolute atomic E-state index is 0.189. The summed E-state index contributed by atoms with van der Waals surface area (Å²) in [5.74, 6) is 6.55. The van der Waals surface area contributed by atoms with E-state index in [1.54, 1.807) is 4.68 Å². The van der Waals surface area contributed by atoms with Gasteiger partial charge in [0.2, 0.25) is 0 Å². The number of fused-ring (bicyclic) bond motifs is 1. The van der Waals surface area contributed by atoms with E-state index in [-0.39, 0.29) is 6.04 Å². The Morgan fingerprint density at radius 1 is 1.40 bits per heavy atom. The monoisotopic (exact) mass is 270 g/mol. The Kier molecular flexibility index (Phi) is 3.30. The van der Waals surface area contributed by atoms with Crippen LogP contribution in [0.2, 0.25) is 0 Å². The number of aromatic nitrogens is 2. The van der Waals surface area contributed by atoms with E-state index in [1.165, 1.54) is 0 Å². The highest BCUT2D eigenvalue weighted by molar-refractivity contribution is 5.78. The van der Waals surface area contributed by atoms with Gasteiger partial charge in [0, 0.05) is 24.2 Å². The number of aryl methyl sites for hydroxylation is 2. The normalized spacial score (nSPS) is 12.9. The summed E-state index contributed by atoms with van der Waals surface area (Å²) in [4.78, 5) is 0. The second-order valence-corrected chi connectivity index (χ2v) is 4.84. The fraction of sp³-hybridized carbons (Fsp3) is 0.267. The molecule has 5 heteroatoms. The third-order valence-corrected chi connectivity index (χ3v) is 3.48. The van der Waals surface area contributed by atoms with E-state index in [9.17, 15) is 0 Å². The van der Waals surface area contributed by atoms with Gasteiger partial charge in [-0.15, -0.1) is 0 Å². The van der Waals surface area contributed by atoms with Crippen molar-refractivity contribution in [1.29, 1.82) is 0 Å². The molecule has 1 unspecified atom stereocenters. The maximum Gasteiger partial charge on any atom is 0.134 e. The first kappa shape index (κ1) is 12.9. The standard InChI is InChI=1S/C15H18N4O/c1-3-12-11(9-19(2)18-12)15(17-16)14-8-10-6-4-5-7-13(10)20-14/h4-9,15,17H,3,16H2,1-2H3. The molecular weight excluding hydrogens is 252 g/mol. The number of para-hydroxylation sites is 1. The molecule has 0 amide bonds. The third-order valence-electron chi connectivity index (χ3n) is 3.48. The van der Waals surface area contributed by atoms with Crippen LogP contribution in [0.15, 0.2) is 40.9 Å². The van der Waals surface area contributed by atoms with Gasteiger partial charge in [0.1, 0.15) is 17.4 Å². The van der Waals surface area contributed by atoms with Gasteiger partial charge in [-0.2, -0.15) is 5.10 Å². The molecule has 20 heavy (non-hydrogen) atoms. The predicted molar refractivity (Wildman–Crippen MR) is 78.0 cm³/mol. The Bertz CT molecular complexity index is 695. The first-order chi connectivity index (χ1) is 9.72. The highest BCUT2D eigenvalue weighted by Gasteiger charge is 2.22. The van der Waals surface area contributed by atoms with Crippen LogP contribution < -0.4 is 11.3 Å². The Labute approximate surface area is 117 Å². The van der Waals surface area contributed by atoms with E-state index < -0.39 is 0 Å². The Hall–Kier alpha value is -2.11. The van der Waals surface area contributed by atoms with Crippen molar-refractivity contribution < 1.29 is 4.42 Å². The van der Waals surface area contributed by atoms with Crippen LogP contribution in [0.4, 0.5) is 0 Å². The van der Waals surface area contributed by atoms with E-state index in [1.807, 2.05) is 43.6 Å². The molecule has 3 aromatic rings.